The fourth-order valence-electron chi connectivity index (χ4n) is 3.59. The van der Waals surface area contributed by atoms with Crippen molar-refractivity contribution in [3.63, 3.8) is 0 Å². The lowest BCUT2D eigenvalue weighted by Gasteiger charge is -2.34. The van der Waals surface area contributed by atoms with Gasteiger partial charge in [0, 0.05) is 31.7 Å². The van der Waals surface area contributed by atoms with Gasteiger partial charge in [-0.25, -0.2) is 8.42 Å². The van der Waals surface area contributed by atoms with Gasteiger partial charge in [-0.2, -0.15) is 4.31 Å². The van der Waals surface area contributed by atoms with Crippen molar-refractivity contribution in [1.29, 1.82) is 0 Å². The number of hydrogen-bond donors (Lipinski definition) is 0. The van der Waals surface area contributed by atoms with E-state index in [4.69, 9.17) is 9.47 Å². The Labute approximate surface area is 188 Å². The predicted octanol–water partition coefficient (Wildman–Crippen LogP) is 3.06. The number of piperazine rings is 1. The summed E-state index contributed by atoms with van der Waals surface area (Å²) in [5.41, 5.74) is 1.74. The minimum absolute atomic E-state index is 0.270. The van der Waals surface area contributed by atoms with E-state index in [9.17, 15) is 8.42 Å². The Morgan fingerprint density at radius 3 is 2.06 bits per heavy atom. The van der Waals surface area contributed by atoms with Gasteiger partial charge in [-0.15, -0.1) is 10.2 Å². The molecule has 168 valence electrons. The van der Waals surface area contributed by atoms with Crippen molar-refractivity contribution in [1.82, 2.24) is 14.5 Å². The van der Waals surface area contributed by atoms with Crippen LogP contribution in [0, 0.1) is 0 Å². The first-order valence-electron chi connectivity index (χ1n) is 10.5. The van der Waals surface area contributed by atoms with E-state index >= 15 is 0 Å². The van der Waals surface area contributed by atoms with E-state index in [0.717, 1.165) is 22.8 Å². The monoisotopic (exact) mass is 454 g/mol. The van der Waals surface area contributed by atoms with Crippen molar-refractivity contribution in [2.75, 3.05) is 44.8 Å². The maximum absolute atomic E-state index is 12.9. The van der Waals surface area contributed by atoms with Crippen LogP contribution in [-0.2, 0) is 10.0 Å². The van der Waals surface area contributed by atoms with E-state index in [-0.39, 0.29) is 4.90 Å². The van der Waals surface area contributed by atoms with Crippen LogP contribution < -0.4 is 14.4 Å². The van der Waals surface area contributed by atoms with Gasteiger partial charge in [-0.1, -0.05) is 0 Å². The van der Waals surface area contributed by atoms with Crippen LogP contribution in [0.5, 0.6) is 11.5 Å². The van der Waals surface area contributed by atoms with Gasteiger partial charge < -0.3 is 14.4 Å². The average molecular weight is 455 g/mol. The maximum atomic E-state index is 12.9. The van der Waals surface area contributed by atoms with Gasteiger partial charge in [0.1, 0.15) is 11.5 Å². The molecule has 32 heavy (non-hydrogen) atoms. The van der Waals surface area contributed by atoms with E-state index in [0.29, 0.717) is 38.5 Å². The SMILES string of the molecule is CCOc1ccc(-c2ccc(N3CCN(S(=O)(=O)c4ccc(OC)cc4)CC3)nn2)cc1. The largest absolute Gasteiger partial charge is 0.497 e. The Morgan fingerprint density at radius 2 is 1.50 bits per heavy atom. The summed E-state index contributed by atoms with van der Waals surface area (Å²) in [4.78, 5) is 2.32. The first-order valence-corrected chi connectivity index (χ1v) is 11.9. The first-order chi connectivity index (χ1) is 15.5. The van der Waals surface area contributed by atoms with Gasteiger partial charge in [-0.05, 0) is 67.6 Å². The number of anilines is 1. The molecule has 8 nitrogen and oxygen atoms in total. The van der Waals surface area contributed by atoms with Crippen molar-refractivity contribution < 1.29 is 17.9 Å². The lowest BCUT2D eigenvalue weighted by Crippen LogP contribution is -2.48. The highest BCUT2D eigenvalue weighted by atomic mass is 32.2. The van der Waals surface area contributed by atoms with Crippen LogP contribution >= 0.6 is 0 Å². The molecule has 0 N–H and O–H groups in total. The molecule has 1 aliphatic rings. The molecule has 1 fully saturated rings. The van der Waals surface area contributed by atoms with Crippen LogP contribution in [0.4, 0.5) is 5.82 Å². The number of ether oxygens (including phenoxy) is 2. The molecule has 4 rings (SSSR count). The zero-order valence-electron chi connectivity index (χ0n) is 18.1. The molecule has 1 saturated heterocycles. The quantitative estimate of drug-likeness (QED) is 0.542. The predicted molar refractivity (Wildman–Crippen MR) is 123 cm³/mol. The van der Waals surface area contributed by atoms with Crippen molar-refractivity contribution in [2.45, 2.75) is 11.8 Å². The van der Waals surface area contributed by atoms with E-state index in [2.05, 4.69) is 15.1 Å². The lowest BCUT2D eigenvalue weighted by molar-refractivity contribution is 0.340. The van der Waals surface area contributed by atoms with Crippen LogP contribution in [-0.4, -0.2) is 62.8 Å². The second-order valence-electron chi connectivity index (χ2n) is 7.30. The third kappa shape index (κ3) is 4.68. The highest BCUT2D eigenvalue weighted by Crippen LogP contribution is 2.24. The molecule has 3 aromatic rings. The zero-order chi connectivity index (χ0) is 22.6. The van der Waals surface area contributed by atoms with Gasteiger partial charge >= 0.3 is 0 Å². The average Bonchev–Trinajstić information content (AvgIpc) is 2.85. The molecule has 1 aliphatic heterocycles. The van der Waals surface area contributed by atoms with E-state index in [1.54, 1.807) is 31.4 Å². The second kappa shape index (κ2) is 9.54. The number of methoxy groups -OCH3 is 1. The molecule has 0 saturated carbocycles. The Balaban J connectivity index is 1.39. The molecule has 0 unspecified atom stereocenters. The van der Waals surface area contributed by atoms with Gasteiger partial charge in [0.15, 0.2) is 5.82 Å². The molecule has 0 amide bonds. The normalized spacial score (nSPS) is 14.9. The Morgan fingerprint density at radius 1 is 0.844 bits per heavy atom. The molecular formula is C23H26N4O4S. The standard InChI is InChI=1S/C23H26N4O4S/c1-3-31-20-6-4-18(5-7-20)22-12-13-23(25-24-22)26-14-16-27(17-15-26)32(28,29)21-10-8-19(30-2)9-11-21/h4-13H,3,14-17H2,1-2H3. The van der Waals surface area contributed by atoms with Crippen molar-refractivity contribution >= 4 is 15.8 Å². The Hall–Kier alpha value is -3.17. The zero-order valence-corrected chi connectivity index (χ0v) is 19.0. The topological polar surface area (TPSA) is 84.9 Å². The summed E-state index contributed by atoms with van der Waals surface area (Å²) in [6.07, 6.45) is 0. The molecule has 0 radical (unpaired) electrons. The van der Waals surface area contributed by atoms with Crippen molar-refractivity contribution in [2.24, 2.45) is 0 Å². The number of rotatable bonds is 7. The fourth-order valence-corrected chi connectivity index (χ4v) is 5.01. The molecule has 2 aromatic carbocycles. The van der Waals surface area contributed by atoms with Gasteiger partial charge in [0.2, 0.25) is 10.0 Å². The molecule has 0 bridgehead atoms. The van der Waals surface area contributed by atoms with E-state index < -0.39 is 10.0 Å². The van der Waals surface area contributed by atoms with E-state index in [1.807, 2.05) is 43.3 Å². The number of nitrogens with zero attached hydrogens (tertiary/aromatic N) is 4. The van der Waals surface area contributed by atoms with E-state index in [1.165, 1.54) is 4.31 Å². The highest BCUT2D eigenvalue weighted by Gasteiger charge is 2.29. The summed E-state index contributed by atoms with van der Waals surface area (Å²) in [5.74, 6) is 2.19. The van der Waals surface area contributed by atoms with Crippen LogP contribution in [0.25, 0.3) is 11.3 Å². The van der Waals surface area contributed by atoms with Gasteiger partial charge in [0.25, 0.3) is 0 Å². The lowest BCUT2D eigenvalue weighted by atomic mass is 10.1. The van der Waals surface area contributed by atoms with Crippen LogP contribution in [0.3, 0.4) is 0 Å². The number of benzene rings is 2. The summed E-state index contributed by atoms with van der Waals surface area (Å²) >= 11 is 0. The van der Waals surface area contributed by atoms with Crippen molar-refractivity contribution in [3.8, 4) is 22.8 Å². The third-order valence-corrected chi connectivity index (χ3v) is 7.28. The second-order valence-corrected chi connectivity index (χ2v) is 9.24. The molecule has 9 heteroatoms. The smallest absolute Gasteiger partial charge is 0.243 e. The Bertz CT molecular complexity index is 1130. The van der Waals surface area contributed by atoms with Crippen LogP contribution in [0.15, 0.2) is 65.6 Å². The van der Waals surface area contributed by atoms with Crippen LogP contribution in [0.2, 0.25) is 0 Å². The molecule has 0 spiro atoms. The fraction of sp³-hybridized carbons (Fsp3) is 0.304. The molecule has 0 atom stereocenters. The summed E-state index contributed by atoms with van der Waals surface area (Å²) in [7, 11) is -1.99. The molecule has 0 aliphatic carbocycles. The third-order valence-electron chi connectivity index (χ3n) is 5.37. The van der Waals surface area contributed by atoms with Gasteiger partial charge in [-0.3, -0.25) is 0 Å². The number of hydrogen-bond acceptors (Lipinski definition) is 7. The number of sulfonamides is 1. The van der Waals surface area contributed by atoms with Gasteiger partial charge in [0.05, 0.1) is 24.3 Å². The first kappa shape index (κ1) is 22.0. The van der Waals surface area contributed by atoms with Crippen LogP contribution in [0.1, 0.15) is 6.92 Å². The molecule has 1 aromatic heterocycles. The minimum Gasteiger partial charge on any atom is -0.497 e. The number of aromatic nitrogens is 2. The Kier molecular flexibility index (Phi) is 6.57. The molecular weight excluding hydrogens is 428 g/mol. The summed E-state index contributed by atoms with van der Waals surface area (Å²) in [6, 6.07) is 18.1. The summed E-state index contributed by atoms with van der Waals surface area (Å²) < 4.78 is 37.9. The maximum Gasteiger partial charge on any atom is 0.243 e. The van der Waals surface area contributed by atoms with Crippen molar-refractivity contribution in [3.05, 3.63) is 60.7 Å². The summed E-state index contributed by atoms with van der Waals surface area (Å²) in [6.45, 7) is 4.45. The molecule has 2 heterocycles. The minimum atomic E-state index is -3.54. The highest BCUT2D eigenvalue weighted by molar-refractivity contribution is 7.89. The summed E-state index contributed by atoms with van der Waals surface area (Å²) in [5, 5.41) is 8.72.